The van der Waals surface area contributed by atoms with E-state index < -0.39 is 11.9 Å². The van der Waals surface area contributed by atoms with Crippen molar-refractivity contribution in [3.8, 4) is 0 Å². The van der Waals surface area contributed by atoms with Crippen LogP contribution in [0.2, 0.25) is 0 Å². The number of thioether (sulfide) groups is 1. The quantitative estimate of drug-likeness (QED) is 0.857. The molecule has 1 aliphatic rings. The number of hydrogen-bond donors (Lipinski definition) is 2. The molecule has 0 bridgehead atoms. The van der Waals surface area contributed by atoms with Crippen LogP contribution in [0, 0.1) is 0 Å². The van der Waals surface area contributed by atoms with Gasteiger partial charge < -0.3 is 15.3 Å². The molecule has 6 nitrogen and oxygen atoms in total. The van der Waals surface area contributed by atoms with Crippen molar-refractivity contribution in [1.29, 1.82) is 0 Å². The molecule has 0 aliphatic carbocycles. The molecule has 0 aromatic heterocycles. The van der Waals surface area contributed by atoms with E-state index in [2.05, 4.69) is 5.32 Å². The number of amides is 2. The summed E-state index contributed by atoms with van der Waals surface area (Å²) in [5.74, 6) is -0.938. The molecule has 0 spiro atoms. The van der Waals surface area contributed by atoms with Gasteiger partial charge in [0.2, 0.25) is 11.8 Å². The minimum atomic E-state index is -0.918. The molecule has 2 N–H and O–H groups in total. The van der Waals surface area contributed by atoms with Crippen LogP contribution >= 0.6 is 11.8 Å². The summed E-state index contributed by atoms with van der Waals surface area (Å²) < 4.78 is 0. The second-order valence-corrected chi connectivity index (χ2v) is 5.76. The van der Waals surface area contributed by atoms with Gasteiger partial charge in [-0.15, -0.1) is 11.8 Å². The van der Waals surface area contributed by atoms with Gasteiger partial charge in [0.1, 0.15) is 6.54 Å². The van der Waals surface area contributed by atoms with Gasteiger partial charge in [0.25, 0.3) is 0 Å². The lowest BCUT2D eigenvalue weighted by Crippen LogP contribution is -2.34. The van der Waals surface area contributed by atoms with Crippen LogP contribution in [-0.4, -0.2) is 46.0 Å². The molecular formula is C14H16N2O4S. The Balaban J connectivity index is 1.99. The Morgan fingerprint density at radius 3 is 2.86 bits per heavy atom. The normalized spacial score (nSPS) is 15.9. The number of anilines is 1. The average molecular weight is 308 g/mol. The smallest absolute Gasteiger partial charge is 0.310 e. The number of carbonyl (C=O) groups excluding carboxylic acids is 2. The third kappa shape index (κ3) is 3.98. The van der Waals surface area contributed by atoms with Crippen LogP contribution in [0.25, 0.3) is 0 Å². The standard InChI is InChI=1S/C14H16N2O4S/c1-9(14(19)20)10-3-2-4-11(5-10)15-12(17)6-16-8-21-7-13(16)18/h2-5,9H,6-8H2,1H3,(H,15,17)(H,19,20). The first-order chi connectivity index (χ1) is 9.97. The molecule has 1 heterocycles. The highest BCUT2D eigenvalue weighted by atomic mass is 32.2. The molecule has 1 saturated heterocycles. The molecular weight excluding hydrogens is 292 g/mol. The highest BCUT2D eigenvalue weighted by molar-refractivity contribution is 8.00. The largest absolute Gasteiger partial charge is 0.481 e. The van der Waals surface area contributed by atoms with Crippen molar-refractivity contribution >= 4 is 35.2 Å². The number of benzene rings is 1. The average Bonchev–Trinajstić information content (AvgIpc) is 2.83. The van der Waals surface area contributed by atoms with Gasteiger partial charge in [-0.1, -0.05) is 12.1 Å². The lowest BCUT2D eigenvalue weighted by atomic mass is 10.0. The number of carbonyl (C=O) groups is 3. The highest BCUT2D eigenvalue weighted by Crippen LogP contribution is 2.20. The molecule has 0 saturated carbocycles. The third-order valence-corrected chi connectivity index (χ3v) is 4.15. The van der Waals surface area contributed by atoms with Crippen molar-refractivity contribution < 1.29 is 19.5 Å². The van der Waals surface area contributed by atoms with Gasteiger partial charge >= 0.3 is 5.97 Å². The van der Waals surface area contributed by atoms with Crippen molar-refractivity contribution in [3.05, 3.63) is 29.8 Å². The fourth-order valence-corrected chi connectivity index (χ4v) is 2.85. The Kier molecular flexibility index (Phi) is 4.85. The monoisotopic (exact) mass is 308 g/mol. The molecule has 1 atom stereocenters. The lowest BCUT2D eigenvalue weighted by Gasteiger charge is -2.15. The number of rotatable bonds is 5. The van der Waals surface area contributed by atoms with Crippen molar-refractivity contribution in [2.45, 2.75) is 12.8 Å². The summed E-state index contributed by atoms with van der Waals surface area (Å²) in [6.07, 6.45) is 0. The molecule has 7 heteroatoms. The second-order valence-electron chi connectivity index (χ2n) is 4.80. The maximum atomic E-state index is 11.9. The molecule has 1 fully saturated rings. The Morgan fingerprint density at radius 2 is 2.24 bits per heavy atom. The van der Waals surface area contributed by atoms with Crippen LogP contribution in [0.4, 0.5) is 5.69 Å². The van der Waals surface area contributed by atoms with E-state index in [9.17, 15) is 14.4 Å². The second kappa shape index (κ2) is 6.62. The van der Waals surface area contributed by atoms with E-state index in [1.165, 1.54) is 16.7 Å². The fraction of sp³-hybridized carbons (Fsp3) is 0.357. The zero-order valence-corrected chi connectivity index (χ0v) is 12.4. The van der Waals surface area contributed by atoms with Gasteiger partial charge in [0.15, 0.2) is 0 Å². The molecule has 1 aliphatic heterocycles. The summed E-state index contributed by atoms with van der Waals surface area (Å²) in [6, 6.07) is 6.73. The summed E-state index contributed by atoms with van der Waals surface area (Å²) >= 11 is 1.48. The molecule has 1 aromatic carbocycles. The van der Waals surface area contributed by atoms with Gasteiger partial charge in [-0.2, -0.15) is 0 Å². The maximum absolute atomic E-state index is 11.9. The van der Waals surface area contributed by atoms with E-state index >= 15 is 0 Å². The Labute approximate surface area is 126 Å². The molecule has 112 valence electrons. The molecule has 0 radical (unpaired) electrons. The molecule has 1 aromatic rings. The van der Waals surface area contributed by atoms with E-state index in [1.54, 1.807) is 31.2 Å². The first-order valence-corrected chi connectivity index (χ1v) is 7.61. The Bertz CT molecular complexity index is 576. The minimum absolute atomic E-state index is 0.0184. The number of hydrogen-bond acceptors (Lipinski definition) is 4. The summed E-state index contributed by atoms with van der Waals surface area (Å²) in [5, 5.41) is 11.7. The van der Waals surface area contributed by atoms with Crippen LogP contribution in [0.3, 0.4) is 0 Å². The fourth-order valence-electron chi connectivity index (χ4n) is 1.94. The number of nitrogens with zero attached hydrogens (tertiary/aromatic N) is 1. The van der Waals surface area contributed by atoms with Crippen molar-refractivity contribution in [2.24, 2.45) is 0 Å². The topological polar surface area (TPSA) is 86.7 Å². The van der Waals surface area contributed by atoms with Crippen LogP contribution in [0.1, 0.15) is 18.4 Å². The summed E-state index contributed by atoms with van der Waals surface area (Å²) in [6.45, 7) is 1.61. The lowest BCUT2D eigenvalue weighted by molar-refractivity contribution is -0.138. The Morgan fingerprint density at radius 1 is 1.48 bits per heavy atom. The first-order valence-electron chi connectivity index (χ1n) is 6.45. The van der Waals surface area contributed by atoms with Crippen molar-refractivity contribution in [3.63, 3.8) is 0 Å². The van der Waals surface area contributed by atoms with Gasteiger partial charge in [0.05, 0.1) is 17.5 Å². The SMILES string of the molecule is CC(C(=O)O)c1cccc(NC(=O)CN2CSCC2=O)c1. The summed E-state index contributed by atoms with van der Waals surface area (Å²) in [7, 11) is 0. The van der Waals surface area contributed by atoms with Gasteiger partial charge in [-0.05, 0) is 24.6 Å². The number of carboxylic acid groups (broad SMARTS) is 1. The predicted octanol–water partition coefficient (Wildman–Crippen LogP) is 1.35. The summed E-state index contributed by atoms with van der Waals surface area (Å²) in [5.41, 5.74) is 1.15. The van der Waals surface area contributed by atoms with Crippen LogP contribution in [0.15, 0.2) is 24.3 Å². The third-order valence-electron chi connectivity index (χ3n) is 3.20. The summed E-state index contributed by atoms with van der Waals surface area (Å²) in [4.78, 5) is 35.8. The van der Waals surface area contributed by atoms with Crippen LogP contribution in [0.5, 0.6) is 0 Å². The number of aliphatic carboxylic acids is 1. The number of nitrogens with one attached hydrogen (secondary N) is 1. The zero-order valence-electron chi connectivity index (χ0n) is 11.5. The van der Waals surface area contributed by atoms with Crippen LogP contribution < -0.4 is 5.32 Å². The molecule has 21 heavy (non-hydrogen) atoms. The molecule has 2 rings (SSSR count). The molecule has 2 amide bonds. The number of carboxylic acids is 1. The highest BCUT2D eigenvalue weighted by Gasteiger charge is 2.23. The Hall–Kier alpha value is -2.02. The van der Waals surface area contributed by atoms with Gasteiger partial charge in [-0.3, -0.25) is 14.4 Å². The van der Waals surface area contributed by atoms with E-state index in [4.69, 9.17) is 5.11 Å². The maximum Gasteiger partial charge on any atom is 0.310 e. The first kappa shape index (κ1) is 15.4. The minimum Gasteiger partial charge on any atom is -0.481 e. The predicted molar refractivity (Wildman–Crippen MR) is 80.2 cm³/mol. The van der Waals surface area contributed by atoms with Gasteiger partial charge in [0, 0.05) is 5.69 Å². The van der Waals surface area contributed by atoms with Crippen LogP contribution in [-0.2, 0) is 14.4 Å². The molecule has 1 unspecified atom stereocenters. The van der Waals surface area contributed by atoms with E-state index in [0.29, 0.717) is 22.9 Å². The van der Waals surface area contributed by atoms with Crippen molar-refractivity contribution in [2.75, 3.05) is 23.5 Å². The van der Waals surface area contributed by atoms with E-state index in [1.807, 2.05) is 0 Å². The zero-order chi connectivity index (χ0) is 15.4. The van der Waals surface area contributed by atoms with E-state index in [-0.39, 0.29) is 18.4 Å². The van der Waals surface area contributed by atoms with Crippen molar-refractivity contribution in [1.82, 2.24) is 4.90 Å². The van der Waals surface area contributed by atoms with E-state index in [0.717, 1.165) is 0 Å². The van der Waals surface area contributed by atoms with Gasteiger partial charge in [-0.25, -0.2) is 0 Å².